The first-order valence-corrected chi connectivity index (χ1v) is 9.47. The maximum absolute atomic E-state index is 12.1. The molecule has 5 nitrogen and oxygen atoms in total. The van der Waals surface area contributed by atoms with Crippen LogP contribution in [0.4, 0.5) is 13.2 Å². The molecule has 2 aromatic rings. The van der Waals surface area contributed by atoms with Crippen LogP contribution in [0.1, 0.15) is 18.4 Å². The number of pyridine rings is 1. The Morgan fingerprint density at radius 3 is 2.74 bits per heavy atom. The van der Waals surface area contributed by atoms with Crippen molar-refractivity contribution in [1.82, 2.24) is 10.3 Å². The molecule has 1 aromatic heterocycles. The zero-order chi connectivity index (χ0) is 19.9. The molecule has 0 saturated carbocycles. The molecule has 2 rings (SSSR count). The summed E-state index contributed by atoms with van der Waals surface area (Å²) in [6, 6.07) is 8.81. The van der Waals surface area contributed by atoms with Gasteiger partial charge in [0, 0.05) is 18.1 Å². The van der Waals surface area contributed by atoms with Gasteiger partial charge in [-0.25, -0.2) is 0 Å². The molecule has 1 aromatic carbocycles. The predicted molar refractivity (Wildman–Crippen MR) is 99.2 cm³/mol. The number of nitrogens with two attached hydrogens (primary N) is 1. The number of alkyl halides is 3. The highest BCUT2D eigenvalue weighted by Gasteiger charge is 2.37. The maximum atomic E-state index is 12.1. The number of fused-ring (bicyclic) bond motifs is 1. The first-order valence-electron chi connectivity index (χ1n) is 8.32. The van der Waals surface area contributed by atoms with Crippen molar-refractivity contribution in [1.29, 1.82) is 0 Å². The van der Waals surface area contributed by atoms with E-state index in [2.05, 4.69) is 10.3 Å². The van der Waals surface area contributed by atoms with Gasteiger partial charge in [-0.3, -0.25) is 14.6 Å². The van der Waals surface area contributed by atoms with E-state index in [1.807, 2.05) is 30.3 Å². The lowest BCUT2D eigenvalue weighted by atomic mass is 10.1. The van der Waals surface area contributed by atoms with E-state index in [1.54, 1.807) is 6.20 Å². The molecule has 0 bridgehead atoms. The second-order valence-corrected chi connectivity index (χ2v) is 7.08. The molecule has 0 aliphatic heterocycles. The van der Waals surface area contributed by atoms with Crippen LogP contribution in [0.2, 0.25) is 0 Å². The Kier molecular flexibility index (Phi) is 7.61. The summed E-state index contributed by atoms with van der Waals surface area (Å²) in [6.45, 7) is 0.291. The van der Waals surface area contributed by atoms with Crippen molar-refractivity contribution in [2.24, 2.45) is 5.73 Å². The van der Waals surface area contributed by atoms with E-state index < -0.39 is 23.8 Å². The van der Waals surface area contributed by atoms with Crippen molar-refractivity contribution in [3.05, 3.63) is 42.1 Å². The highest BCUT2D eigenvalue weighted by atomic mass is 32.2. The molecule has 0 aliphatic carbocycles. The van der Waals surface area contributed by atoms with Crippen LogP contribution in [0.5, 0.6) is 0 Å². The molecule has 1 atom stereocenters. The van der Waals surface area contributed by atoms with Crippen molar-refractivity contribution in [2.75, 3.05) is 11.5 Å². The lowest BCUT2D eigenvalue weighted by Gasteiger charge is -2.12. The summed E-state index contributed by atoms with van der Waals surface area (Å²) in [5, 5.41) is 3.70. The number of para-hydroxylation sites is 1. The number of nitrogens with zero attached hydrogens (tertiary/aromatic N) is 1. The van der Waals surface area contributed by atoms with Crippen LogP contribution in [0, 0.1) is 0 Å². The van der Waals surface area contributed by atoms with Crippen molar-refractivity contribution < 1.29 is 22.8 Å². The van der Waals surface area contributed by atoms with E-state index >= 15 is 0 Å². The number of nitrogens with one attached hydrogen (secondary N) is 1. The number of carbonyl (C=O) groups is 2. The summed E-state index contributed by atoms with van der Waals surface area (Å²) in [7, 11) is 0. The molecule has 0 fully saturated rings. The topological polar surface area (TPSA) is 85.1 Å². The zero-order valence-corrected chi connectivity index (χ0v) is 15.3. The Labute approximate surface area is 158 Å². The molecular weight excluding hydrogens is 379 g/mol. The molecule has 0 spiro atoms. The van der Waals surface area contributed by atoms with Gasteiger partial charge in [-0.2, -0.15) is 24.9 Å². The monoisotopic (exact) mass is 399 g/mol. The average molecular weight is 399 g/mol. The minimum absolute atomic E-state index is 0.291. The molecular formula is C18H20F3N3O2S. The number of carbonyl (C=O) groups excluding carboxylic acids is 2. The van der Waals surface area contributed by atoms with E-state index in [-0.39, 0.29) is 5.91 Å². The fourth-order valence-corrected chi connectivity index (χ4v) is 3.18. The molecule has 0 aliphatic rings. The second kappa shape index (κ2) is 9.70. The summed E-state index contributed by atoms with van der Waals surface area (Å²) in [6.07, 6.45) is -2.33. The quantitative estimate of drug-likeness (QED) is 0.634. The van der Waals surface area contributed by atoms with Gasteiger partial charge in [0.25, 0.3) is 0 Å². The highest BCUT2D eigenvalue weighted by molar-refractivity contribution is 7.99. The molecule has 9 heteroatoms. The van der Waals surface area contributed by atoms with Gasteiger partial charge in [0.05, 0.1) is 17.3 Å². The molecule has 1 heterocycles. The third-order valence-electron chi connectivity index (χ3n) is 3.80. The fraction of sp³-hybridized carbons (Fsp3) is 0.389. The number of ketones is 1. The van der Waals surface area contributed by atoms with E-state index in [0.29, 0.717) is 25.1 Å². The molecule has 0 unspecified atom stereocenters. The second-order valence-electron chi connectivity index (χ2n) is 5.98. The predicted octanol–water partition coefficient (Wildman–Crippen LogP) is 2.82. The number of halogens is 3. The number of amides is 1. The van der Waals surface area contributed by atoms with E-state index in [4.69, 9.17) is 5.73 Å². The first kappa shape index (κ1) is 21.2. The smallest absolute Gasteiger partial charge is 0.351 e. The Morgan fingerprint density at radius 2 is 2.00 bits per heavy atom. The van der Waals surface area contributed by atoms with E-state index in [0.717, 1.165) is 28.2 Å². The minimum atomic E-state index is -4.79. The van der Waals surface area contributed by atoms with Crippen molar-refractivity contribution in [2.45, 2.75) is 31.6 Å². The van der Waals surface area contributed by atoms with Crippen molar-refractivity contribution >= 4 is 34.4 Å². The summed E-state index contributed by atoms with van der Waals surface area (Å²) >= 11 is 0.888. The van der Waals surface area contributed by atoms with Gasteiger partial charge >= 0.3 is 6.18 Å². The number of thioether (sulfide) groups is 1. The molecule has 3 N–H and O–H groups in total. The van der Waals surface area contributed by atoms with Crippen LogP contribution in [-0.4, -0.2) is 40.4 Å². The number of aromatic nitrogens is 1. The molecule has 27 heavy (non-hydrogen) atoms. The van der Waals surface area contributed by atoms with Gasteiger partial charge in [0.1, 0.15) is 0 Å². The lowest BCUT2D eigenvalue weighted by Crippen LogP contribution is -2.40. The van der Waals surface area contributed by atoms with Crippen LogP contribution < -0.4 is 11.1 Å². The lowest BCUT2D eigenvalue weighted by molar-refractivity contribution is -0.167. The number of benzene rings is 1. The Balaban J connectivity index is 1.68. The van der Waals surface area contributed by atoms with Crippen LogP contribution in [0.15, 0.2) is 36.5 Å². The number of hydrogen-bond donors (Lipinski definition) is 2. The first-order chi connectivity index (χ1) is 12.8. The van der Waals surface area contributed by atoms with Crippen LogP contribution in [0.25, 0.3) is 10.9 Å². The Bertz CT molecular complexity index is 799. The van der Waals surface area contributed by atoms with Gasteiger partial charge in [0.15, 0.2) is 0 Å². The maximum Gasteiger partial charge on any atom is 0.450 e. The largest absolute Gasteiger partial charge is 0.450 e. The van der Waals surface area contributed by atoms with Crippen LogP contribution in [0.3, 0.4) is 0 Å². The van der Waals surface area contributed by atoms with Gasteiger partial charge in [-0.15, -0.1) is 0 Å². The van der Waals surface area contributed by atoms with Crippen LogP contribution >= 0.6 is 11.8 Å². The Morgan fingerprint density at radius 1 is 1.26 bits per heavy atom. The average Bonchev–Trinajstić information content (AvgIpc) is 2.64. The number of rotatable bonds is 9. The number of Topliss-reactive ketones (excluding diaryl/α,β-unsaturated/α-hetero) is 1. The van der Waals surface area contributed by atoms with Crippen molar-refractivity contribution in [3.63, 3.8) is 0 Å². The zero-order valence-electron chi connectivity index (χ0n) is 14.5. The Hall–Kier alpha value is -2.13. The third-order valence-corrected chi connectivity index (χ3v) is 4.85. The van der Waals surface area contributed by atoms with Crippen molar-refractivity contribution in [3.8, 4) is 0 Å². The minimum Gasteiger partial charge on any atom is -0.351 e. The molecule has 0 saturated heterocycles. The standard InChI is InChI=1S/C18H20F3N3O2S/c19-18(20,21)16(25)11-27-7-3-5-14(22)17(26)24-10-12-8-13-4-1-2-6-15(13)23-9-12/h1-2,4,6,8-9,14H,3,5,7,10-11,22H2,(H,24,26)/t14-/m0/s1. The number of hydrogen-bond acceptors (Lipinski definition) is 5. The normalized spacial score (nSPS) is 12.7. The van der Waals surface area contributed by atoms with Gasteiger partial charge in [-0.05, 0) is 36.3 Å². The summed E-state index contributed by atoms with van der Waals surface area (Å²) in [4.78, 5) is 27.1. The van der Waals surface area contributed by atoms with Gasteiger partial charge < -0.3 is 11.1 Å². The summed E-state index contributed by atoms with van der Waals surface area (Å²) < 4.78 is 36.2. The fourth-order valence-electron chi connectivity index (χ4n) is 2.32. The third kappa shape index (κ3) is 6.84. The summed E-state index contributed by atoms with van der Waals surface area (Å²) in [5.74, 6) is -2.37. The van der Waals surface area contributed by atoms with Crippen LogP contribution in [-0.2, 0) is 16.1 Å². The molecule has 1 amide bonds. The molecule has 0 radical (unpaired) electrons. The van der Waals surface area contributed by atoms with E-state index in [9.17, 15) is 22.8 Å². The summed E-state index contributed by atoms with van der Waals surface area (Å²) in [5.41, 5.74) is 7.51. The van der Waals surface area contributed by atoms with E-state index in [1.165, 1.54) is 0 Å². The van der Waals surface area contributed by atoms with Gasteiger partial charge in [0.2, 0.25) is 11.7 Å². The SMILES string of the molecule is N[C@@H](CCCSCC(=O)C(F)(F)F)C(=O)NCc1cnc2ccccc2c1. The van der Waals surface area contributed by atoms with Gasteiger partial charge in [-0.1, -0.05) is 18.2 Å². The molecule has 146 valence electrons. The highest BCUT2D eigenvalue weighted by Crippen LogP contribution is 2.19.